The maximum Gasteiger partial charge on any atom is 0.306 e. The van der Waals surface area contributed by atoms with E-state index in [1.807, 2.05) is 0 Å². The van der Waals surface area contributed by atoms with E-state index in [-0.39, 0.29) is 31.1 Å². The lowest BCUT2D eigenvalue weighted by Gasteiger charge is -2.18. The molecular formula is C72H132O6. The van der Waals surface area contributed by atoms with E-state index in [2.05, 4.69) is 69.4 Å². The summed E-state index contributed by atoms with van der Waals surface area (Å²) in [7, 11) is 0. The lowest BCUT2D eigenvalue weighted by Crippen LogP contribution is -2.30. The van der Waals surface area contributed by atoms with Crippen LogP contribution in [0, 0.1) is 0 Å². The summed E-state index contributed by atoms with van der Waals surface area (Å²) in [5.41, 5.74) is 0. The van der Waals surface area contributed by atoms with Gasteiger partial charge in [-0.25, -0.2) is 0 Å². The second-order valence-corrected chi connectivity index (χ2v) is 23.4. The maximum absolute atomic E-state index is 12.9. The normalized spacial score (nSPS) is 12.3. The molecule has 0 spiro atoms. The van der Waals surface area contributed by atoms with Gasteiger partial charge in [0.25, 0.3) is 0 Å². The van der Waals surface area contributed by atoms with Crippen molar-refractivity contribution in [1.82, 2.24) is 0 Å². The third kappa shape index (κ3) is 64.2. The number of carbonyl (C=O) groups excluding carboxylic acids is 3. The van der Waals surface area contributed by atoms with Crippen LogP contribution in [0.3, 0.4) is 0 Å². The van der Waals surface area contributed by atoms with Crippen molar-refractivity contribution in [1.29, 1.82) is 0 Å². The molecule has 0 amide bonds. The van der Waals surface area contributed by atoms with Crippen LogP contribution in [0.2, 0.25) is 0 Å². The average molecular weight is 1090 g/mol. The van der Waals surface area contributed by atoms with E-state index < -0.39 is 6.10 Å². The highest BCUT2D eigenvalue weighted by molar-refractivity contribution is 5.71. The molecule has 1 unspecified atom stereocenters. The van der Waals surface area contributed by atoms with Crippen LogP contribution in [0.1, 0.15) is 374 Å². The SMILES string of the molecule is CCC/C=C\C/C=C\CCCCCCCC(=O)OCC(COC(=O)CCCCCCCCCCCCCCCCCCCCCCCCCC)OC(=O)CCCCCCCCCCCCC/C=C\C/C=C\CCCCCCC. The molecule has 0 aromatic carbocycles. The molecule has 0 aromatic heterocycles. The molecule has 0 heterocycles. The zero-order chi connectivity index (χ0) is 56.4. The first-order valence-corrected chi connectivity index (χ1v) is 34.6. The summed E-state index contributed by atoms with van der Waals surface area (Å²) in [4.78, 5) is 38.4. The largest absolute Gasteiger partial charge is 0.462 e. The van der Waals surface area contributed by atoms with Gasteiger partial charge in [0.15, 0.2) is 6.10 Å². The van der Waals surface area contributed by atoms with Gasteiger partial charge in [-0.3, -0.25) is 14.4 Å². The molecule has 1 atom stereocenters. The predicted octanol–water partition coefficient (Wildman–Crippen LogP) is 23.7. The molecule has 0 saturated carbocycles. The molecule has 0 bridgehead atoms. The first-order chi connectivity index (χ1) is 38.5. The van der Waals surface area contributed by atoms with Gasteiger partial charge in [-0.05, 0) is 77.0 Å². The highest BCUT2D eigenvalue weighted by atomic mass is 16.6. The zero-order valence-corrected chi connectivity index (χ0v) is 52.5. The number of esters is 3. The molecule has 0 aromatic rings. The van der Waals surface area contributed by atoms with Crippen LogP contribution < -0.4 is 0 Å². The second-order valence-electron chi connectivity index (χ2n) is 23.4. The summed E-state index contributed by atoms with van der Waals surface area (Å²) >= 11 is 0. The van der Waals surface area contributed by atoms with Crippen LogP contribution in [0.25, 0.3) is 0 Å². The summed E-state index contributed by atoms with van der Waals surface area (Å²) in [6.45, 7) is 6.62. The van der Waals surface area contributed by atoms with E-state index in [0.29, 0.717) is 19.3 Å². The van der Waals surface area contributed by atoms with Crippen molar-refractivity contribution in [2.45, 2.75) is 380 Å². The third-order valence-electron chi connectivity index (χ3n) is 15.5. The van der Waals surface area contributed by atoms with Gasteiger partial charge in [0.2, 0.25) is 0 Å². The number of hydrogen-bond acceptors (Lipinski definition) is 6. The van der Waals surface area contributed by atoms with E-state index in [1.54, 1.807) is 0 Å². The Morgan fingerprint density at radius 2 is 0.487 bits per heavy atom. The third-order valence-corrected chi connectivity index (χ3v) is 15.5. The molecular weight excluding hydrogens is 961 g/mol. The molecule has 6 nitrogen and oxygen atoms in total. The highest BCUT2D eigenvalue weighted by Gasteiger charge is 2.19. The zero-order valence-electron chi connectivity index (χ0n) is 52.5. The average Bonchev–Trinajstić information content (AvgIpc) is 3.44. The number of hydrogen-bond donors (Lipinski definition) is 0. The van der Waals surface area contributed by atoms with E-state index in [4.69, 9.17) is 14.2 Å². The fraction of sp³-hybridized carbons (Fsp3) is 0.847. The van der Waals surface area contributed by atoms with Crippen molar-refractivity contribution in [3.8, 4) is 0 Å². The van der Waals surface area contributed by atoms with Crippen molar-refractivity contribution >= 4 is 17.9 Å². The molecule has 0 fully saturated rings. The van der Waals surface area contributed by atoms with Crippen LogP contribution in [0.5, 0.6) is 0 Å². The van der Waals surface area contributed by atoms with Gasteiger partial charge in [0, 0.05) is 19.3 Å². The van der Waals surface area contributed by atoms with E-state index in [1.165, 1.54) is 244 Å². The summed E-state index contributed by atoms with van der Waals surface area (Å²) in [6.07, 6.45) is 84.2. The minimum absolute atomic E-state index is 0.0744. The smallest absolute Gasteiger partial charge is 0.306 e. The van der Waals surface area contributed by atoms with Crippen molar-refractivity contribution < 1.29 is 28.6 Å². The Morgan fingerprint density at radius 3 is 0.756 bits per heavy atom. The van der Waals surface area contributed by atoms with Crippen molar-refractivity contribution in [3.05, 3.63) is 48.6 Å². The Morgan fingerprint density at radius 1 is 0.256 bits per heavy atom. The van der Waals surface area contributed by atoms with Gasteiger partial charge in [-0.2, -0.15) is 0 Å². The lowest BCUT2D eigenvalue weighted by atomic mass is 10.0. The van der Waals surface area contributed by atoms with Crippen molar-refractivity contribution in [2.24, 2.45) is 0 Å². The first kappa shape index (κ1) is 75.4. The number of unbranched alkanes of at least 4 members (excludes halogenated alkanes) is 45. The van der Waals surface area contributed by atoms with Crippen LogP contribution in [0.15, 0.2) is 48.6 Å². The van der Waals surface area contributed by atoms with Gasteiger partial charge in [-0.1, -0.05) is 326 Å². The van der Waals surface area contributed by atoms with Gasteiger partial charge < -0.3 is 14.2 Å². The fourth-order valence-electron chi connectivity index (χ4n) is 10.3. The molecule has 0 rings (SSSR count). The number of carbonyl (C=O) groups is 3. The molecule has 0 saturated heterocycles. The molecule has 0 aliphatic carbocycles. The monoisotopic (exact) mass is 1090 g/mol. The summed E-state index contributed by atoms with van der Waals surface area (Å²) in [5, 5.41) is 0. The molecule has 6 heteroatoms. The van der Waals surface area contributed by atoms with E-state index >= 15 is 0 Å². The standard InChI is InChI=1S/C72H132O6/c1-4-7-10-13-16-19-22-25-27-29-31-33-35-37-38-40-42-44-47-50-53-56-59-62-65-71(74)77-68-69(67-76-70(73)64-61-58-55-52-49-46-24-21-18-15-12-9-6-3)78-72(75)66-63-60-57-54-51-48-45-43-41-39-36-34-32-30-28-26-23-20-17-14-11-8-5-2/h12,15,21,23-24,26,30,32,69H,4-11,13-14,16-20,22,25,27-29,31,33-68H2,1-3H3/b15-12-,24-21-,26-23-,32-30-. The lowest BCUT2D eigenvalue weighted by molar-refractivity contribution is -0.167. The number of ether oxygens (including phenoxy) is 3. The Kier molecular flexibility index (Phi) is 64.6. The number of rotatable bonds is 64. The Bertz CT molecular complexity index is 1350. The minimum atomic E-state index is -0.779. The van der Waals surface area contributed by atoms with Gasteiger partial charge in [0.05, 0.1) is 0 Å². The molecule has 0 radical (unpaired) electrons. The van der Waals surface area contributed by atoms with Crippen LogP contribution in [-0.4, -0.2) is 37.2 Å². The Hall–Kier alpha value is -2.63. The molecule has 78 heavy (non-hydrogen) atoms. The van der Waals surface area contributed by atoms with Gasteiger partial charge in [0.1, 0.15) is 13.2 Å². The van der Waals surface area contributed by atoms with E-state index in [0.717, 1.165) is 89.9 Å². The molecule has 0 N–H and O–H groups in total. The van der Waals surface area contributed by atoms with E-state index in [9.17, 15) is 14.4 Å². The maximum atomic E-state index is 12.9. The summed E-state index contributed by atoms with van der Waals surface area (Å²) in [6, 6.07) is 0. The fourth-order valence-corrected chi connectivity index (χ4v) is 10.3. The Balaban J connectivity index is 4.25. The topological polar surface area (TPSA) is 78.9 Å². The molecule has 0 aliphatic rings. The quantitative estimate of drug-likeness (QED) is 0.0261. The van der Waals surface area contributed by atoms with Crippen LogP contribution in [-0.2, 0) is 28.6 Å². The highest BCUT2D eigenvalue weighted by Crippen LogP contribution is 2.18. The molecule has 456 valence electrons. The van der Waals surface area contributed by atoms with Crippen molar-refractivity contribution in [2.75, 3.05) is 13.2 Å². The second kappa shape index (κ2) is 66.9. The van der Waals surface area contributed by atoms with Gasteiger partial charge in [-0.15, -0.1) is 0 Å². The molecule has 0 aliphatic heterocycles. The first-order valence-electron chi connectivity index (χ1n) is 34.6. The van der Waals surface area contributed by atoms with Gasteiger partial charge >= 0.3 is 17.9 Å². The Labute approximate surface area is 486 Å². The number of allylic oxidation sites excluding steroid dienone is 8. The van der Waals surface area contributed by atoms with Crippen LogP contribution in [0.4, 0.5) is 0 Å². The summed E-state index contributed by atoms with van der Waals surface area (Å²) < 4.78 is 17.0. The predicted molar refractivity (Wildman–Crippen MR) is 339 cm³/mol. The van der Waals surface area contributed by atoms with Crippen molar-refractivity contribution in [3.63, 3.8) is 0 Å². The minimum Gasteiger partial charge on any atom is -0.462 e. The summed E-state index contributed by atoms with van der Waals surface area (Å²) in [5.74, 6) is -0.867. The van der Waals surface area contributed by atoms with Crippen LogP contribution >= 0.6 is 0 Å².